The highest BCUT2D eigenvalue weighted by Gasteiger charge is 2.18. The van der Waals surface area contributed by atoms with Crippen molar-refractivity contribution in [2.24, 2.45) is 0 Å². The van der Waals surface area contributed by atoms with Crippen LogP contribution in [0.15, 0.2) is 42.7 Å². The first-order valence-electron chi connectivity index (χ1n) is 10.2. The first-order chi connectivity index (χ1) is 16.2. The summed E-state index contributed by atoms with van der Waals surface area (Å²) in [4.78, 5) is 16.8. The highest BCUT2D eigenvalue weighted by molar-refractivity contribution is 7.92. The van der Waals surface area contributed by atoms with E-state index in [4.69, 9.17) is 11.5 Å². The first kappa shape index (κ1) is 23.2. The van der Waals surface area contributed by atoms with Crippen LogP contribution in [-0.4, -0.2) is 40.8 Å². The van der Waals surface area contributed by atoms with Crippen molar-refractivity contribution in [1.82, 2.24) is 19.9 Å². The maximum atomic E-state index is 15.3. The van der Waals surface area contributed by atoms with Gasteiger partial charge in [-0.05, 0) is 42.7 Å². The third kappa shape index (κ3) is 4.71. The van der Waals surface area contributed by atoms with Gasteiger partial charge in [0.05, 0.1) is 29.2 Å². The van der Waals surface area contributed by atoms with E-state index in [1.165, 1.54) is 30.6 Å². The molecule has 0 spiro atoms. The summed E-state index contributed by atoms with van der Waals surface area (Å²) in [5.41, 5.74) is 13.9. The molecule has 0 saturated heterocycles. The minimum Gasteiger partial charge on any atom is -0.383 e. The number of benzene rings is 2. The predicted molar refractivity (Wildman–Crippen MR) is 128 cm³/mol. The van der Waals surface area contributed by atoms with E-state index in [0.717, 1.165) is 0 Å². The maximum absolute atomic E-state index is 15.3. The molecule has 4 aromatic rings. The van der Waals surface area contributed by atoms with Crippen LogP contribution >= 0.6 is 0 Å². The molecule has 2 aromatic carbocycles. The second kappa shape index (κ2) is 9.14. The van der Waals surface area contributed by atoms with E-state index in [2.05, 4.69) is 24.7 Å². The number of aromatic nitrogens is 4. The fourth-order valence-corrected chi connectivity index (χ4v) is 4.55. The number of hydrogen-bond acceptors (Lipinski definition) is 8. The Hall–Kier alpha value is -3.93. The van der Waals surface area contributed by atoms with Crippen LogP contribution in [0.5, 0.6) is 0 Å². The van der Waals surface area contributed by atoms with Gasteiger partial charge in [0.2, 0.25) is 16.0 Å². The molecule has 0 saturated carbocycles. The second-order valence-corrected chi connectivity index (χ2v) is 9.42. The Morgan fingerprint density at radius 3 is 2.50 bits per heavy atom. The lowest BCUT2D eigenvalue weighted by molar-refractivity contribution is 0.484. The number of fused-ring (bicyclic) bond motifs is 1. The van der Waals surface area contributed by atoms with Crippen LogP contribution in [-0.2, 0) is 10.0 Å². The van der Waals surface area contributed by atoms with Crippen molar-refractivity contribution < 1.29 is 17.2 Å². The van der Waals surface area contributed by atoms with Crippen LogP contribution in [0.3, 0.4) is 0 Å². The van der Waals surface area contributed by atoms with Crippen molar-refractivity contribution in [3.8, 4) is 22.5 Å². The Kier molecular flexibility index (Phi) is 6.24. The fraction of sp³-hybridized carbons (Fsp3) is 0.182. The van der Waals surface area contributed by atoms with Gasteiger partial charge in [-0.25, -0.2) is 32.7 Å². The summed E-state index contributed by atoms with van der Waals surface area (Å²) >= 11 is 0. The number of nitrogens with zero attached hydrogens (tertiary/aromatic N) is 4. The predicted octanol–water partition coefficient (Wildman–Crippen LogP) is 3.47. The molecule has 0 amide bonds. The van der Waals surface area contributed by atoms with E-state index in [-0.39, 0.29) is 29.4 Å². The first-order valence-corrected chi connectivity index (χ1v) is 11.8. The van der Waals surface area contributed by atoms with E-state index in [0.29, 0.717) is 33.4 Å². The monoisotopic (exact) mass is 485 g/mol. The number of halogens is 2. The molecule has 0 aliphatic heterocycles. The lowest BCUT2D eigenvalue weighted by atomic mass is 9.99. The quantitative estimate of drug-likeness (QED) is 0.360. The van der Waals surface area contributed by atoms with Crippen molar-refractivity contribution in [3.63, 3.8) is 0 Å². The number of alkyl halides is 1. The van der Waals surface area contributed by atoms with Gasteiger partial charge in [0.15, 0.2) is 11.6 Å². The van der Waals surface area contributed by atoms with Crippen LogP contribution in [0.4, 0.5) is 26.2 Å². The molecule has 34 heavy (non-hydrogen) atoms. The minimum atomic E-state index is -3.89. The second-order valence-electron chi connectivity index (χ2n) is 7.58. The average Bonchev–Trinajstić information content (AvgIpc) is 2.80. The summed E-state index contributed by atoms with van der Waals surface area (Å²) in [7, 11) is -3.89. The zero-order valence-electron chi connectivity index (χ0n) is 18.1. The summed E-state index contributed by atoms with van der Waals surface area (Å²) in [6.45, 7) is 1.01. The van der Waals surface area contributed by atoms with Crippen molar-refractivity contribution in [1.29, 1.82) is 0 Å². The number of anilines is 3. The summed E-state index contributed by atoms with van der Waals surface area (Å²) in [6, 6.07) is 7.71. The Balaban J connectivity index is 1.77. The van der Waals surface area contributed by atoms with Crippen molar-refractivity contribution in [2.75, 3.05) is 28.6 Å². The zero-order chi connectivity index (χ0) is 24.5. The van der Waals surface area contributed by atoms with Crippen molar-refractivity contribution >= 4 is 38.4 Å². The summed E-state index contributed by atoms with van der Waals surface area (Å²) in [5.74, 6) is -0.605. The van der Waals surface area contributed by atoms with Crippen LogP contribution in [0, 0.1) is 12.7 Å². The van der Waals surface area contributed by atoms with Crippen LogP contribution in [0.2, 0.25) is 0 Å². The molecule has 9 nitrogen and oxygen atoms in total. The van der Waals surface area contributed by atoms with E-state index >= 15 is 4.39 Å². The van der Waals surface area contributed by atoms with Crippen LogP contribution in [0.25, 0.3) is 33.4 Å². The number of aryl methyl sites for hydroxylation is 1. The smallest absolute Gasteiger partial charge is 0.232 e. The molecule has 5 N–H and O–H groups in total. The summed E-state index contributed by atoms with van der Waals surface area (Å²) in [6.07, 6.45) is 2.80. The van der Waals surface area contributed by atoms with Gasteiger partial charge in [-0.1, -0.05) is 12.1 Å². The van der Waals surface area contributed by atoms with Crippen LogP contribution in [0.1, 0.15) is 12.0 Å². The van der Waals surface area contributed by atoms with Crippen molar-refractivity contribution in [2.45, 2.75) is 13.3 Å². The number of rotatable bonds is 7. The molecule has 12 heteroatoms. The van der Waals surface area contributed by atoms with Gasteiger partial charge in [0.25, 0.3) is 0 Å². The zero-order valence-corrected chi connectivity index (χ0v) is 18.9. The molecule has 0 aliphatic carbocycles. The van der Waals surface area contributed by atoms with Crippen molar-refractivity contribution in [3.05, 3.63) is 54.1 Å². The Morgan fingerprint density at radius 1 is 1.06 bits per heavy atom. The SMILES string of the molecule is Cc1cc(-c2cccc(NS(=O)(=O)CCCF)c2F)cc2c(N)nc(-c3cnc(N)nc3)nc12. The normalized spacial score (nSPS) is 11.6. The van der Waals surface area contributed by atoms with Gasteiger partial charge in [-0.3, -0.25) is 9.11 Å². The molecule has 0 atom stereocenters. The maximum Gasteiger partial charge on any atom is 0.232 e. The Bertz CT molecular complexity index is 1480. The molecule has 0 unspecified atom stereocenters. The summed E-state index contributed by atoms with van der Waals surface area (Å²) < 4.78 is 54.0. The third-order valence-electron chi connectivity index (χ3n) is 5.07. The fourth-order valence-electron chi connectivity index (χ4n) is 3.46. The summed E-state index contributed by atoms with van der Waals surface area (Å²) in [5, 5.41) is 0.503. The standard InChI is InChI=1S/C22H21F2N7O2S/c1-12-8-13(15-4-2-5-17(18(15)24)31-34(32,33)7-3-6-23)9-16-19(12)29-21(30-20(16)25)14-10-27-22(26)28-11-14/h2,4-5,8-11,31H,3,6-7H2,1H3,(H2,25,29,30)(H2,26,27,28). The molecular weight excluding hydrogens is 464 g/mol. The topological polar surface area (TPSA) is 150 Å². The van der Waals surface area contributed by atoms with E-state index in [1.54, 1.807) is 19.1 Å². The van der Waals surface area contributed by atoms with Gasteiger partial charge in [-0.15, -0.1) is 0 Å². The molecular formula is C22H21F2N7O2S. The van der Waals surface area contributed by atoms with E-state index < -0.39 is 28.3 Å². The van der Waals surface area contributed by atoms with E-state index in [9.17, 15) is 12.8 Å². The minimum absolute atomic E-state index is 0.118. The highest BCUT2D eigenvalue weighted by atomic mass is 32.2. The molecule has 0 radical (unpaired) electrons. The molecule has 4 rings (SSSR count). The van der Waals surface area contributed by atoms with Gasteiger partial charge < -0.3 is 11.5 Å². The Morgan fingerprint density at radius 2 is 1.79 bits per heavy atom. The lowest BCUT2D eigenvalue weighted by Gasteiger charge is -2.13. The average molecular weight is 486 g/mol. The van der Waals surface area contributed by atoms with Gasteiger partial charge >= 0.3 is 0 Å². The Labute approximate surface area is 194 Å². The van der Waals surface area contributed by atoms with Gasteiger partial charge in [0.1, 0.15) is 5.82 Å². The van der Waals surface area contributed by atoms with E-state index in [1.807, 2.05) is 0 Å². The van der Waals surface area contributed by atoms with Gasteiger partial charge in [-0.2, -0.15) is 0 Å². The molecule has 2 heterocycles. The number of hydrogen-bond donors (Lipinski definition) is 3. The highest BCUT2D eigenvalue weighted by Crippen LogP contribution is 2.34. The number of nitrogens with two attached hydrogens (primary N) is 2. The van der Waals surface area contributed by atoms with Gasteiger partial charge in [0, 0.05) is 23.3 Å². The van der Waals surface area contributed by atoms with Crippen LogP contribution < -0.4 is 16.2 Å². The molecule has 176 valence electrons. The number of sulfonamides is 1. The number of nitrogen functional groups attached to an aromatic ring is 2. The molecule has 0 bridgehead atoms. The lowest BCUT2D eigenvalue weighted by Crippen LogP contribution is -2.18. The molecule has 0 aliphatic rings. The molecule has 2 aromatic heterocycles. The molecule has 0 fully saturated rings. The third-order valence-corrected chi connectivity index (χ3v) is 6.43. The number of nitrogens with one attached hydrogen (secondary N) is 1. The largest absolute Gasteiger partial charge is 0.383 e.